The van der Waals surface area contributed by atoms with E-state index in [1.807, 2.05) is 18.2 Å². The minimum atomic E-state index is -3.70. The Labute approximate surface area is 213 Å². The minimum absolute atomic E-state index is 0.251. The van der Waals surface area contributed by atoms with E-state index in [2.05, 4.69) is 53.1 Å². The highest BCUT2D eigenvalue weighted by molar-refractivity contribution is 7.90. The van der Waals surface area contributed by atoms with E-state index in [-0.39, 0.29) is 4.90 Å². The Bertz CT molecular complexity index is 1390. The normalized spacial score (nSPS) is 14.9. The SMILES string of the molecule is CCCCOc1ccc(S(=O)(=O)n2ccc3cc(N4CCN(Cc5ccccc5)CC4)ccc32)cc1. The van der Waals surface area contributed by atoms with Crippen LogP contribution in [0.4, 0.5) is 5.69 Å². The first-order valence-electron chi connectivity index (χ1n) is 12.7. The molecule has 0 aliphatic carbocycles. The van der Waals surface area contributed by atoms with Gasteiger partial charge in [0.05, 0.1) is 17.0 Å². The molecule has 6 nitrogen and oxygen atoms in total. The third-order valence-corrected chi connectivity index (χ3v) is 8.48. The molecule has 1 saturated heterocycles. The molecule has 4 aromatic rings. The fraction of sp³-hybridized carbons (Fsp3) is 0.310. The summed E-state index contributed by atoms with van der Waals surface area (Å²) < 4.78 is 33.8. The summed E-state index contributed by atoms with van der Waals surface area (Å²) >= 11 is 0. The second kappa shape index (κ2) is 10.8. The molecule has 0 bridgehead atoms. The van der Waals surface area contributed by atoms with Crippen molar-refractivity contribution in [2.24, 2.45) is 0 Å². The van der Waals surface area contributed by atoms with E-state index in [0.29, 0.717) is 17.9 Å². The number of hydrogen-bond donors (Lipinski definition) is 0. The van der Waals surface area contributed by atoms with Crippen LogP contribution in [0, 0.1) is 0 Å². The van der Waals surface area contributed by atoms with Crippen molar-refractivity contribution < 1.29 is 13.2 Å². The van der Waals surface area contributed by atoms with Crippen molar-refractivity contribution in [2.75, 3.05) is 37.7 Å². The Balaban J connectivity index is 1.27. The predicted molar refractivity (Wildman–Crippen MR) is 145 cm³/mol. The topological polar surface area (TPSA) is 54.8 Å². The van der Waals surface area contributed by atoms with Crippen molar-refractivity contribution in [3.63, 3.8) is 0 Å². The molecule has 36 heavy (non-hydrogen) atoms. The number of piperazine rings is 1. The maximum Gasteiger partial charge on any atom is 0.268 e. The van der Waals surface area contributed by atoms with Gasteiger partial charge in [-0.3, -0.25) is 4.90 Å². The number of anilines is 1. The molecule has 1 aliphatic rings. The molecule has 188 valence electrons. The minimum Gasteiger partial charge on any atom is -0.494 e. The Morgan fingerprint density at radius 2 is 1.61 bits per heavy atom. The molecule has 1 fully saturated rings. The molecule has 0 radical (unpaired) electrons. The van der Waals surface area contributed by atoms with Gasteiger partial charge in [-0.15, -0.1) is 0 Å². The quantitative estimate of drug-likeness (QED) is 0.287. The molecule has 0 atom stereocenters. The van der Waals surface area contributed by atoms with Crippen LogP contribution >= 0.6 is 0 Å². The first kappa shape index (κ1) is 24.4. The average molecular weight is 504 g/mol. The molecule has 0 spiro atoms. The number of rotatable bonds is 9. The smallest absolute Gasteiger partial charge is 0.268 e. The van der Waals surface area contributed by atoms with Gasteiger partial charge < -0.3 is 9.64 Å². The van der Waals surface area contributed by atoms with E-state index in [4.69, 9.17) is 4.74 Å². The van der Waals surface area contributed by atoms with Gasteiger partial charge in [-0.2, -0.15) is 0 Å². The lowest BCUT2D eigenvalue weighted by Gasteiger charge is -2.36. The maximum absolute atomic E-state index is 13.4. The van der Waals surface area contributed by atoms with Gasteiger partial charge in [-0.05, 0) is 60.5 Å². The Hall–Kier alpha value is -3.29. The molecular weight excluding hydrogens is 470 g/mol. The van der Waals surface area contributed by atoms with Crippen molar-refractivity contribution in [1.29, 1.82) is 0 Å². The molecular formula is C29H33N3O3S. The van der Waals surface area contributed by atoms with E-state index in [1.165, 1.54) is 9.54 Å². The number of ether oxygens (including phenoxy) is 1. The van der Waals surface area contributed by atoms with Gasteiger partial charge in [0.1, 0.15) is 5.75 Å². The fourth-order valence-electron chi connectivity index (χ4n) is 4.67. The van der Waals surface area contributed by atoms with Crippen LogP contribution in [0.25, 0.3) is 10.9 Å². The summed E-state index contributed by atoms with van der Waals surface area (Å²) in [4.78, 5) is 5.11. The zero-order valence-corrected chi connectivity index (χ0v) is 21.5. The summed E-state index contributed by atoms with van der Waals surface area (Å²) in [6, 6.07) is 25.2. The van der Waals surface area contributed by atoms with Crippen LogP contribution in [0.15, 0.2) is 90.0 Å². The summed E-state index contributed by atoms with van der Waals surface area (Å²) in [7, 11) is -3.70. The first-order chi connectivity index (χ1) is 17.5. The molecule has 0 saturated carbocycles. The van der Waals surface area contributed by atoms with Crippen LogP contribution in [0.1, 0.15) is 25.3 Å². The first-order valence-corrected chi connectivity index (χ1v) is 14.1. The molecule has 1 aromatic heterocycles. The lowest BCUT2D eigenvalue weighted by Crippen LogP contribution is -2.45. The van der Waals surface area contributed by atoms with Gasteiger partial charge >= 0.3 is 0 Å². The number of unbranched alkanes of at least 4 members (excludes halogenated alkanes) is 1. The molecule has 7 heteroatoms. The average Bonchev–Trinajstić information content (AvgIpc) is 3.35. The largest absolute Gasteiger partial charge is 0.494 e. The summed E-state index contributed by atoms with van der Waals surface area (Å²) in [5.74, 6) is 0.688. The molecule has 2 heterocycles. The lowest BCUT2D eigenvalue weighted by atomic mass is 10.1. The molecule has 3 aromatic carbocycles. The van der Waals surface area contributed by atoms with Crippen molar-refractivity contribution in [3.8, 4) is 5.75 Å². The Kier molecular flexibility index (Phi) is 7.30. The zero-order valence-electron chi connectivity index (χ0n) is 20.7. The third-order valence-electron chi connectivity index (χ3n) is 6.77. The van der Waals surface area contributed by atoms with Gasteiger partial charge in [0.2, 0.25) is 0 Å². The van der Waals surface area contributed by atoms with Crippen LogP contribution in [0.2, 0.25) is 0 Å². The Morgan fingerprint density at radius 3 is 2.33 bits per heavy atom. The summed E-state index contributed by atoms with van der Waals surface area (Å²) in [6.45, 7) is 7.61. The zero-order chi connectivity index (χ0) is 25.0. The number of aromatic nitrogens is 1. The van der Waals surface area contributed by atoms with Crippen molar-refractivity contribution in [2.45, 2.75) is 31.2 Å². The van der Waals surface area contributed by atoms with Crippen molar-refractivity contribution in [3.05, 3.63) is 90.6 Å². The fourth-order valence-corrected chi connectivity index (χ4v) is 6.03. The molecule has 5 rings (SSSR count). The second-order valence-corrected chi connectivity index (χ2v) is 11.1. The van der Waals surface area contributed by atoms with Crippen LogP contribution < -0.4 is 9.64 Å². The van der Waals surface area contributed by atoms with E-state index >= 15 is 0 Å². The number of hydrogen-bond acceptors (Lipinski definition) is 5. The highest BCUT2D eigenvalue weighted by Crippen LogP contribution is 2.28. The van der Waals surface area contributed by atoms with Crippen molar-refractivity contribution in [1.82, 2.24) is 8.87 Å². The van der Waals surface area contributed by atoms with Crippen molar-refractivity contribution >= 4 is 26.6 Å². The van der Waals surface area contributed by atoms with Gasteiger partial charge in [0, 0.05) is 50.0 Å². The molecule has 0 amide bonds. The molecule has 0 unspecified atom stereocenters. The highest BCUT2D eigenvalue weighted by atomic mass is 32.2. The highest BCUT2D eigenvalue weighted by Gasteiger charge is 2.21. The standard InChI is InChI=1S/C29H33N3O3S/c1-2-3-21-35-27-10-12-28(13-11-27)36(33,34)32-16-15-25-22-26(9-14-29(25)32)31-19-17-30(18-20-31)23-24-7-5-4-6-8-24/h4-16,22H,2-3,17-21,23H2,1H3. The number of nitrogens with zero attached hydrogens (tertiary/aromatic N) is 3. The lowest BCUT2D eigenvalue weighted by molar-refractivity contribution is 0.250. The van der Waals surface area contributed by atoms with E-state index in [0.717, 1.165) is 56.6 Å². The van der Waals surface area contributed by atoms with Gasteiger partial charge in [0.25, 0.3) is 10.0 Å². The van der Waals surface area contributed by atoms with Crippen LogP contribution in [-0.2, 0) is 16.6 Å². The Morgan fingerprint density at radius 1 is 0.861 bits per heavy atom. The monoisotopic (exact) mass is 503 g/mol. The van der Waals surface area contributed by atoms with E-state index in [1.54, 1.807) is 30.5 Å². The summed E-state index contributed by atoms with van der Waals surface area (Å²) in [5.41, 5.74) is 3.16. The third kappa shape index (κ3) is 5.27. The molecule has 1 aliphatic heterocycles. The number of fused-ring (bicyclic) bond motifs is 1. The van der Waals surface area contributed by atoms with Gasteiger partial charge in [0.15, 0.2) is 0 Å². The maximum atomic E-state index is 13.4. The van der Waals surface area contributed by atoms with E-state index in [9.17, 15) is 8.42 Å². The predicted octanol–water partition coefficient (Wildman–Crippen LogP) is 5.38. The summed E-state index contributed by atoms with van der Waals surface area (Å²) in [6.07, 6.45) is 3.67. The van der Waals surface area contributed by atoms with Crippen LogP contribution in [0.5, 0.6) is 5.75 Å². The van der Waals surface area contributed by atoms with Gasteiger partial charge in [-0.25, -0.2) is 12.4 Å². The number of benzene rings is 3. The van der Waals surface area contributed by atoms with Gasteiger partial charge in [-0.1, -0.05) is 43.7 Å². The van der Waals surface area contributed by atoms with Crippen LogP contribution in [-0.4, -0.2) is 50.1 Å². The molecule has 0 N–H and O–H groups in total. The van der Waals surface area contributed by atoms with E-state index < -0.39 is 10.0 Å². The van der Waals surface area contributed by atoms with Crippen LogP contribution in [0.3, 0.4) is 0 Å². The second-order valence-electron chi connectivity index (χ2n) is 9.28. The summed E-state index contributed by atoms with van der Waals surface area (Å²) in [5, 5.41) is 0.919.